The number of aryl methyl sites for hydroxylation is 1. The van der Waals surface area contributed by atoms with Crippen molar-refractivity contribution in [1.29, 1.82) is 0 Å². The molecule has 0 radical (unpaired) electrons. The van der Waals surface area contributed by atoms with Gasteiger partial charge in [-0.25, -0.2) is 9.78 Å². The van der Waals surface area contributed by atoms with Crippen LogP contribution in [0.5, 0.6) is 0 Å². The predicted molar refractivity (Wildman–Crippen MR) is 89.6 cm³/mol. The van der Waals surface area contributed by atoms with Gasteiger partial charge >= 0.3 is 6.03 Å². The molecule has 6 nitrogen and oxygen atoms in total. The van der Waals surface area contributed by atoms with E-state index >= 15 is 0 Å². The Labute approximate surface area is 138 Å². The standard InChI is InChI=1S/C17H29N5O/c1-12(2)15-18-14(5)22(19-15)16(23)21-10-17(11-21)7-6-8-20(9-17)13(3)4/h12-13H,6-11H2,1-5H3. The Balaban J connectivity index is 1.66. The van der Waals surface area contributed by atoms with E-state index in [0.717, 1.165) is 25.5 Å². The maximum Gasteiger partial charge on any atom is 0.346 e. The van der Waals surface area contributed by atoms with Crippen LogP contribution in [0.25, 0.3) is 0 Å². The Bertz CT molecular complexity index is 586. The second-order valence-electron chi connectivity index (χ2n) is 7.89. The zero-order valence-electron chi connectivity index (χ0n) is 15.0. The number of aromatic nitrogens is 3. The van der Waals surface area contributed by atoms with Crippen LogP contribution in [0.15, 0.2) is 0 Å². The summed E-state index contributed by atoms with van der Waals surface area (Å²) in [6.45, 7) is 14.5. The molecule has 0 saturated carbocycles. The van der Waals surface area contributed by atoms with E-state index in [2.05, 4.69) is 28.8 Å². The summed E-state index contributed by atoms with van der Waals surface area (Å²) in [6.07, 6.45) is 2.47. The lowest BCUT2D eigenvalue weighted by Gasteiger charge is -2.55. The Hall–Kier alpha value is -1.43. The monoisotopic (exact) mass is 319 g/mol. The number of hydrogen-bond donors (Lipinski definition) is 0. The molecule has 128 valence electrons. The largest absolute Gasteiger partial charge is 0.346 e. The number of hydrogen-bond acceptors (Lipinski definition) is 4. The van der Waals surface area contributed by atoms with Crippen molar-refractivity contribution in [2.75, 3.05) is 26.2 Å². The normalized spacial score (nSPS) is 21.3. The number of nitrogens with zero attached hydrogens (tertiary/aromatic N) is 5. The quantitative estimate of drug-likeness (QED) is 0.840. The van der Waals surface area contributed by atoms with Crippen molar-refractivity contribution >= 4 is 6.03 Å². The second kappa shape index (κ2) is 5.89. The maximum absolute atomic E-state index is 12.7. The minimum Gasteiger partial charge on any atom is -0.321 e. The van der Waals surface area contributed by atoms with Crippen LogP contribution in [0.4, 0.5) is 4.79 Å². The lowest BCUT2D eigenvalue weighted by Crippen LogP contribution is -2.65. The summed E-state index contributed by atoms with van der Waals surface area (Å²) in [4.78, 5) is 21.6. The van der Waals surface area contributed by atoms with E-state index in [1.807, 2.05) is 25.7 Å². The van der Waals surface area contributed by atoms with Gasteiger partial charge in [0.15, 0.2) is 5.82 Å². The molecular weight excluding hydrogens is 290 g/mol. The van der Waals surface area contributed by atoms with E-state index in [-0.39, 0.29) is 11.9 Å². The lowest BCUT2D eigenvalue weighted by atomic mass is 9.73. The van der Waals surface area contributed by atoms with Gasteiger partial charge in [-0.3, -0.25) is 0 Å². The first-order chi connectivity index (χ1) is 10.8. The SMILES string of the molecule is Cc1nc(C(C)C)nn1C(=O)N1CC2(CCCN(C(C)C)C2)C1. The molecule has 1 aromatic rings. The van der Waals surface area contributed by atoms with Crippen molar-refractivity contribution in [3.63, 3.8) is 0 Å². The van der Waals surface area contributed by atoms with Gasteiger partial charge in [0.2, 0.25) is 0 Å². The first kappa shape index (κ1) is 16.4. The molecule has 0 aromatic carbocycles. The summed E-state index contributed by atoms with van der Waals surface area (Å²) in [7, 11) is 0. The van der Waals surface area contributed by atoms with Crippen LogP contribution in [0.2, 0.25) is 0 Å². The van der Waals surface area contributed by atoms with E-state index in [4.69, 9.17) is 0 Å². The molecule has 0 unspecified atom stereocenters. The summed E-state index contributed by atoms with van der Waals surface area (Å²) in [5.74, 6) is 1.67. The highest BCUT2D eigenvalue weighted by Gasteiger charge is 2.48. The number of carbonyl (C=O) groups excluding carboxylic acids is 1. The van der Waals surface area contributed by atoms with Crippen LogP contribution in [0.3, 0.4) is 0 Å². The average Bonchev–Trinajstić information content (AvgIpc) is 2.86. The van der Waals surface area contributed by atoms with Crippen LogP contribution in [-0.2, 0) is 0 Å². The van der Waals surface area contributed by atoms with Crippen LogP contribution in [0.1, 0.15) is 58.1 Å². The third-order valence-corrected chi connectivity index (χ3v) is 5.23. The zero-order chi connectivity index (χ0) is 16.8. The minimum absolute atomic E-state index is 0.0193. The number of amides is 1. The average molecular weight is 319 g/mol. The van der Waals surface area contributed by atoms with Gasteiger partial charge in [0.05, 0.1) is 0 Å². The van der Waals surface area contributed by atoms with Crippen molar-refractivity contribution in [1.82, 2.24) is 24.6 Å². The first-order valence-electron chi connectivity index (χ1n) is 8.78. The van der Waals surface area contributed by atoms with Crippen molar-refractivity contribution in [2.45, 2.75) is 59.4 Å². The molecular formula is C17H29N5O. The molecule has 1 aromatic heterocycles. The highest BCUT2D eigenvalue weighted by atomic mass is 16.2. The van der Waals surface area contributed by atoms with Gasteiger partial charge in [-0.05, 0) is 40.2 Å². The van der Waals surface area contributed by atoms with Gasteiger partial charge in [0.1, 0.15) is 5.82 Å². The predicted octanol–water partition coefficient (Wildman–Crippen LogP) is 2.48. The highest BCUT2D eigenvalue weighted by Crippen LogP contribution is 2.39. The molecule has 1 spiro atoms. The first-order valence-corrected chi connectivity index (χ1v) is 8.78. The maximum atomic E-state index is 12.7. The summed E-state index contributed by atoms with van der Waals surface area (Å²) in [6, 6.07) is 0.567. The second-order valence-corrected chi connectivity index (χ2v) is 7.89. The number of piperidine rings is 1. The number of likely N-dealkylation sites (tertiary alicyclic amines) is 2. The summed E-state index contributed by atoms with van der Waals surface area (Å²) >= 11 is 0. The Morgan fingerprint density at radius 3 is 2.43 bits per heavy atom. The van der Waals surface area contributed by atoms with Gasteiger partial charge in [-0.15, -0.1) is 5.10 Å². The fraction of sp³-hybridized carbons (Fsp3) is 0.824. The number of carbonyl (C=O) groups is 1. The van der Waals surface area contributed by atoms with Gasteiger partial charge in [-0.1, -0.05) is 13.8 Å². The highest BCUT2D eigenvalue weighted by molar-refractivity contribution is 5.77. The molecule has 2 aliphatic heterocycles. The van der Waals surface area contributed by atoms with E-state index in [9.17, 15) is 4.79 Å². The van der Waals surface area contributed by atoms with Crippen LogP contribution < -0.4 is 0 Å². The van der Waals surface area contributed by atoms with Gasteiger partial charge < -0.3 is 9.80 Å². The smallest absolute Gasteiger partial charge is 0.321 e. The van der Waals surface area contributed by atoms with Crippen LogP contribution in [0, 0.1) is 12.3 Å². The molecule has 0 N–H and O–H groups in total. The van der Waals surface area contributed by atoms with E-state index < -0.39 is 0 Å². The molecule has 2 aliphatic rings. The van der Waals surface area contributed by atoms with Crippen LogP contribution in [-0.4, -0.2) is 62.8 Å². The van der Waals surface area contributed by atoms with E-state index in [1.165, 1.54) is 24.1 Å². The zero-order valence-corrected chi connectivity index (χ0v) is 15.0. The Kier molecular flexibility index (Phi) is 4.21. The molecule has 3 heterocycles. The van der Waals surface area contributed by atoms with Crippen molar-refractivity contribution in [2.24, 2.45) is 5.41 Å². The van der Waals surface area contributed by atoms with Crippen molar-refractivity contribution < 1.29 is 4.79 Å². The molecule has 6 heteroatoms. The molecule has 3 rings (SSSR count). The minimum atomic E-state index is -0.0193. The van der Waals surface area contributed by atoms with Crippen LogP contribution >= 0.6 is 0 Å². The van der Waals surface area contributed by atoms with Crippen molar-refractivity contribution in [3.05, 3.63) is 11.6 Å². The molecule has 23 heavy (non-hydrogen) atoms. The fourth-order valence-corrected chi connectivity index (χ4v) is 3.81. The summed E-state index contributed by atoms with van der Waals surface area (Å²) in [5.41, 5.74) is 0.299. The topological polar surface area (TPSA) is 54.3 Å². The summed E-state index contributed by atoms with van der Waals surface area (Å²) < 4.78 is 1.48. The molecule has 0 aliphatic carbocycles. The molecule has 0 bridgehead atoms. The van der Waals surface area contributed by atoms with Gasteiger partial charge in [0.25, 0.3) is 0 Å². The lowest BCUT2D eigenvalue weighted by molar-refractivity contribution is -0.0390. The fourth-order valence-electron chi connectivity index (χ4n) is 3.81. The molecule has 2 saturated heterocycles. The summed E-state index contributed by atoms with van der Waals surface area (Å²) in [5, 5.41) is 4.39. The van der Waals surface area contributed by atoms with Crippen molar-refractivity contribution in [3.8, 4) is 0 Å². The van der Waals surface area contributed by atoms with E-state index in [1.54, 1.807) is 0 Å². The van der Waals surface area contributed by atoms with E-state index in [0.29, 0.717) is 17.3 Å². The Morgan fingerprint density at radius 1 is 1.17 bits per heavy atom. The molecule has 0 atom stereocenters. The third-order valence-electron chi connectivity index (χ3n) is 5.23. The Morgan fingerprint density at radius 2 is 1.87 bits per heavy atom. The van der Waals surface area contributed by atoms with Gasteiger partial charge in [-0.2, -0.15) is 4.68 Å². The van der Waals surface area contributed by atoms with Gasteiger partial charge in [0, 0.05) is 37.0 Å². The molecule has 2 fully saturated rings. The molecule has 1 amide bonds. The third kappa shape index (κ3) is 3.01. The number of rotatable bonds is 2.